The monoisotopic (exact) mass is 200 g/mol. The molecule has 1 fully saturated rings. The molecule has 4 heteroatoms. The lowest BCUT2D eigenvalue weighted by Gasteiger charge is -2.35. The molecule has 4 nitrogen and oxygen atoms in total. The number of hydrogen-bond donors (Lipinski definition) is 2. The van der Waals surface area contributed by atoms with Crippen molar-refractivity contribution in [1.29, 1.82) is 0 Å². The van der Waals surface area contributed by atoms with Crippen LogP contribution in [0.5, 0.6) is 0 Å². The summed E-state index contributed by atoms with van der Waals surface area (Å²) in [5, 5.41) is 12.3. The number of nitrogens with zero attached hydrogens (tertiary/aromatic N) is 1. The number of hydrogen-bond acceptors (Lipinski definition) is 2. The third-order valence-corrected chi connectivity index (χ3v) is 2.96. The summed E-state index contributed by atoms with van der Waals surface area (Å²) >= 11 is 0. The number of carboxylic acid groups (broad SMARTS) is 1. The summed E-state index contributed by atoms with van der Waals surface area (Å²) in [5.74, 6) is 0. The van der Waals surface area contributed by atoms with Gasteiger partial charge in [-0.25, -0.2) is 4.79 Å². The Hall–Kier alpha value is -0.770. The van der Waals surface area contributed by atoms with E-state index >= 15 is 0 Å². The molecule has 1 heterocycles. The Morgan fingerprint density at radius 2 is 2.36 bits per heavy atom. The van der Waals surface area contributed by atoms with E-state index in [-0.39, 0.29) is 5.54 Å². The van der Waals surface area contributed by atoms with E-state index in [2.05, 4.69) is 12.2 Å². The molecule has 1 aliphatic heterocycles. The van der Waals surface area contributed by atoms with Crippen molar-refractivity contribution in [3.05, 3.63) is 0 Å². The van der Waals surface area contributed by atoms with Crippen molar-refractivity contribution in [2.45, 2.75) is 38.6 Å². The molecule has 1 atom stereocenters. The third-order valence-electron chi connectivity index (χ3n) is 2.96. The second-order valence-electron chi connectivity index (χ2n) is 4.21. The van der Waals surface area contributed by atoms with E-state index in [1.54, 1.807) is 4.90 Å². The Kier molecular flexibility index (Phi) is 3.75. The van der Waals surface area contributed by atoms with E-state index in [1.807, 2.05) is 6.92 Å². The summed E-state index contributed by atoms with van der Waals surface area (Å²) in [6.07, 6.45) is 2.11. The van der Waals surface area contributed by atoms with Gasteiger partial charge in [0.15, 0.2) is 0 Å². The Bertz CT molecular complexity index is 200. The minimum absolute atomic E-state index is 0.193. The number of unbranched alkanes of at least 4 members (excludes halogenated alkanes) is 1. The summed E-state index contributed by atoms with van der Waals surface area (Å²) in [7, 11) is 0. The predicted octanol–water partition coefficient (Wildman–Crippen LogP) is 1.52. The fraction of sp³-hybridized carbons (Fsp3) is 0.900. The summed E-state index contributed by atoms with van der Waals surface area (Å²) in [4.78, 5) is 12.7. The van der Waals surface area contributed by atoms with Gasteiger partial charge in [-0.15, -0.1) is 0 Å². The molecular weight excluding hydrogens is 180 g/mol. The fourth-order valence-electron chi connectivity index (χ4n) is 1.95. The van der Waals surface area contributed by atoms with Gasteiger partial charge in [-0.05, 0) is 26.3 Å². The molecule has 0 aromatic rings. The second kappa shape index (κ2) is 4.64. The molecule has 14 heavy (non-hydrogen) atoms. The molecule has 0 aromatic heterocycles. The molecular formula is C10H20N2O2. The van der Waals surface area contributed by atoms with Crippen molar-refractivity contribution in [3.63, 3.8) is 0 Å². The largest absolute Gasteiger partial charge is 0.465 e. The molecule has 0 bridgehead atoms. The zero-order valence-electron chi connectivity index (χ0n) is 9.05. The number of carbonyl (C=O) groups is 1. The van der Waals surface area contributed by atoms with E-state index in [0.717, 1.165) is 32.4 Å². The highest BCUT2D eigenvalue weighted by atomic mass is 16.4. The van der Waals surface area contributed by atoms with E-state index in [4.69, 9.17) is 5.11 Å². The molecule has 1 aliphatic rings. The normalized spacial score (nSPS) is 26.4. The Morgan fingerprint density at radius 1 is 1.64 bits per heavy atom. The number of amides is 1. The minimum atomic E-state index is -0.787. The zero-order valence-corrected chi connectivity index (χ0v) is 9.05. The smallest absolute Gasteiger partial charge is 0.407 e. The van der Waals surface area contributed by atoms with Gasteiger partial charge < -0.3 is 15.3 Å². The lowest BCUT2D eigenvalue weighted by molar-refractivity contribution is 0.0915. The highest BCUT2D eigenvalue weighted by Gasteiger charge is 2.37. The standard InChI is InChI=1S/C10H20N2O2/c1-3-4-7-12(9(13)14)10(2)5-6-11-8-10/h11H,3-8H2,1-2H3,(H,13,14)/t10-/m0/s1. The molecule has 0 unspecified atom stereocenters. The summed E-state index contributed by atoms with van der Waals surface area (Å²) in [6, 6.07) is 0. The average molecular weight is 200 g/mol. The van der Waals surface area contributed by atoms with Crippen molar-refractivity contribution in [1.82, 2.24) is 10.2 Å². The first-order valence-electron chi connectivity index (χ1n) is 5.31. The van der Waals surface area contributed by atoms with Gasteiger partial charge in [0.25, 0.3) is 0 Å². The van der Waals surface area contributed by atoms with Crippen molar-refractivity contribution in [2.75, 3.05) is 19.6 Å². The lowest BCUT2D eigenvalue weighted by atomic mass is 9.99. The maximum atomic E-state index is 11.1. The van der Waals surface area contributed by atoms with Gasteiger partial charge in [0.2, 0.25) is 0 Å². The van der Waals surface area contributed by atoms with Gasteiger partial charge in [0.1, 0.15) is 0 Å². The zero-order chi connectivity index (χ0) is 10.6. The Balaban J connectivity index is 2.61. The molecule has 0 saturated carbocycles. The molecule has 0 aromatic carbocycles. The Morgan fingerprint density at radius 3 is 2.79 bits per heavy atom. The van der Waals surface area contributed by atoms with Gasteiger partial charge in [-0.2, -0.15) is 0 Å². The van der Waals surface area contributed by atoms with Crippen LogP contribution in [-0.2, 0) is 0 Å². The first-order valence-corrected chi connectivity index (χ1v) is 5.31. The van der Waals surface area contributed by atoms with Gasteiger partial charge in [-0.3, -0.25) is 0 Å². The lowest BCUT2D eigenvalue weighted by Crippen LogP contribution is -2.51. The maximum Gasteiger partial charge on any atom is 0.407 e. The molecule has 1 amide bonds. The Labute approximate surface area is 85.3 Å². The van der Waals surface area contributed by atoms with E-state index in [1.165, 1.54) is 0 Å². The number of nitrogens with one attached hydrogen (secondary N) is 1. The summed E-state index contributed by atoms with van der Waals surface area (Å²) in [5.41, 5.74) is -0.193. The van der Waals surface area contributed by atoms with E-state index in [9.17, 15) is 4.79 Å². The quantitative estimate of drug-likeness (QED) is 0.723. The van der Waals surface area contributed by atoms with Gasteiger partial charge in [0, 0.05) is 13.1 Å². The van der Waals surface area contributed by atoms with Gasteiger partial charge >= 0.3 is 6.09 Å². The van der Waals surface area contributed by atoms with Gasteiger partial charge in [-0.1, -0.05) is 13.3 Å². The van der Waals surface area contributed by atoms with E-state index < -0.39 is 6.09 Å². The first-order chi connectivity index (χ1) is 6.60. The molecule has 0 radical (unpaired) electrons. The van der Waals surface area contributed by atoms with Crippen molar-refractivity contribution >= 4 is 6.09 Å². The molecule has 82 valence electrons. The molecule has 1 saturated heterocycles. The first kappa shape index (κ1) is 11.3. The molecule has 0 aliphatic carbocycles. The van der Waals surface area contributed by atoms with Crippen LogP contribution < -0.4 is 5.32 Å². The van der Waals surface area contributed by atoms with Crippen LogP contribution in [0, 0.1) is 0 Å². The fourth-order valence-corrected chi connectivity index (χ4v) is 1.95. The van der Waals surface area contributed by atoms with Crippen LogP contribution in [-0.4, -0.2) is 41.3 Å². The maximum absolute atomic E-state index is 11.1. The summed E-state index contributed by atoms with van der Waals surface area (Å²) < 4.78 is 0. The molecule has 1 rings (SSSR count). The van der Waals surface area contributed by atoms with Crippen molar-refractivity contribution < 1.29 is 9.90 Å². The third kappa shape index (κ3) is 2.38. The highest BCUT2D eigenvalue weighted by Crippen LogP contribution is 2.23. The van der Waals surface area contributed by atoms with Crippen molar-refractivity contribution in [2.24, 2.45) is 0 Å². The van der Waals surface area contributed by atoms with Crippen LogP contribution in [0.2, 0.25) is 0 Å². The minimum Gasteiger partial charge on any atom is -0.465 e. The van der Waals surface area contributed by atoms with Crippen LogP contribution in [0.25, 0.3) is 0 Å². The van der Waals surface area contributed by atoms with Crippen LogP contribution >= 0.6 is 0 Å². The van der Waals surface area contributed by atoms with Crippen LogP contribution in [0.1, 0.15) is 33.1 Å². The number of rotatable bonds is 4. The summed E-state index contributed by atoms with van der Waals surface area (Å²) in [6.45, 7) is 6.46. The molecule has 2 N–H and O–H groups in total. The van der Waals surface area contributed by atoms with Crippen LogP contribution in [0.3, 0.4) is 0 Å². The van der Waals surface area contributed by atoms with Gasteiger partial charge in [0.05, 0.1) is 5.54 Å². The predicted molar refractivity (Wildman–Crippen MR) is 55.5 cm³/mol. The second-order valence-corrected chi connectivity index (χ2v) is 4.21. The van der Waals surface area contributed by atoms with Crippen LogP contribution in [0.15, 0.2) is 0 Å². The SMILES string of the molecule is CCCCN(C(=O)O)[C@@]1(C)CCNC1. The topological polar surface area (TPSA) is 52.6 Å². The molecule has 0 spiro atoms. The van der Waals surface area contributed by atoms with E-state index in [0.29, 0.717) is 6.54 Å². The average Bonchev–Trinajstić information content (AvgIpc) is 2.53. The van der Waals surface area contributed by atoms with Crippen LogP contribution in [0.4, 0.5) is 4.79 Å². The van der Waals surface area contributed by atoms with Crippen molar-refractivity contribution in [3.8, 4) is 0 Å². The highest BCUT2D eigenvalue weighted by molar-refractivity contribution is 5.66.